The smallest absolute Gasteiger partial charge is 0.232 e. The zero-order valence-corrected chi connectivity index (χ0v) is 13.9. The SMILES string of the molecule is CC(C)=C1Oc2cc(OCc3ccc(C)cc3)cc(C)c2C1=O. The number of carbonyl (C=O) groups excluding carboxylic acids is 1. The molecule has 1 aliphatic heterocycles. The summed E-state index contributed by atoms with van der Waals surface area (Å²) in [4.78, 5) is 12.4. The summed E-state index contributed by atoms with van der Waals surface area (Å²) in [5, 5.41) is 0. The number of aryl methyl sites for hydroxylation is 2. The van der Waals surface area contributed by atoms with Crippen molar-refractivity contribution in [2.75, 3.05) is 0 Å². The molecule has 3 rings (SSSR count). The molecule has 0 N–H and O–H groups in total. The fraction of sp³-hybridized carbons (Fsp3) is 0.250. The van der Waals surface area contributed by atoms with Crippen LogP contribution in [0.25, 0.3) is 0 Å². The Morgan fingerprint density at radius 1 is 1.09 bits per heavy atom. The molecule has 0 amide bonds. The number of hydrogen-bond acceptors (Lipinski definition) is 3. The van der Waals surface area contributed by atoms with Crippen LogP contribution in [0.4, 0.5) is 0 Å². The second kappa shape index (κ2) is 5.92. The van der Waals surface area contributed by atoms with E-state index in [9.17, 15) is 4.79 Å². The quantitative estimate of drug-likeness (QED) is 0.767. The predicted octanol–water partition coefficient (Wildman–Crippen LogP) is 4.75. The topological polar surface area (TPSA) is 35.5 Å². The fourth-order valence-corrected chi connectivity index (χ4v) is 2.63. The molecule has 23 heavy (non-hydrogen) atoms. The largest absolute Gasteiger partial charge is 0.489 e. The minimum Gasteiger partial charge on any atom is -0.489 e. The first-order chi connectivity index (χ1) is 11.0. The van der Waals surface area contributed by atoms with Gasteiger partial charge in [0.25, 0.3) is 0 Å². The maximum atomic E-state index is 12.4. The summed E-state index contributed by atoms with van der Waals surface area (Å²) in [5.74, 6) is 1.69. The molecule has 3 heteroatoms. The Balaban J connectivity index is 1.83. The molecule has 0 aliphatic carbocycles. The van der Waals surface area contributed by atoms with Gasteiger partial charge in [-0.15, -0.1) is 0 Å². The number of fused-ring (bicyclic) bond motifs is 1. The maximum absolute atomic E-state index is 12.4. The Morgan fingerprint density at radius 2 is 1.78 bits per heavy atom. The van der Waals surface area contributed by atoms with Gasteiger partial charge in [0, 0.05) is 6.07 Å². The molecule has 0 saturated heterocycles. The zero-order valence-electron chi connectivity index (χ0n) is 13.9. The number of rotatable bonds is 3. The first-order valence-electron chi connectivity index (χ1n) is 7.68. The van der Waals surface area contributed by atoms with E-state index in [0.29, 0.717) is 29.4 Å². The molecule has 118 valence electrons. The molecule has 0 saturated carbocycles. The number of ether oxygens (including phenoxy) is 2. The zero-order chi connectivity index (χ0) is 16.6. The standard InChI is InChI=1S/C20H20O3/c1-12(2)20-19(21)18-14(4)9-16(10-17(18)23-20)22-11-15-7-5-13(3)6-8-15/h5-10H,11H2,1-4H3. The summed E-state index contributed by atoms with van der Waals surface area (Å²) in [6.07, 6.45) is 0. The number of Topliss-reactive ketones (excluding diaryl/α,β-unsaturated/α-hetero) is 1. The van der Waals surface area contributed by atoms with Crippen molar-refractivity contribution < 1.29 is 14.3 Å². The lowest BCUT2D eigenvalue weighted by molar-refractivity contribution is 0.101. The van der Waals surface area contributed by atoms with Crippen LogP contribution in [-0.4, -0.2) is 5.78 Å². The molecule has 0 atom stereocenters. The molecule has 1 aliphatic rings. The van der Waals surface area contributed by atoms with Crippen molar-refractivity contribution in [2.24, 2.45) is 0 Å². The van der Waals surface area contributed by atoms with Gasteiger partial charge in [0.15, 0.2) is 5.76 Å². The van der Waals surface area contributed by atoms with Crippen LogP contribution in [0.15, 0.2) is 47.7 Å². The predicted molar refractivity (Wildman–Crippen MR) is 90.0 cm³/mol. The van der Waals surface area contributed by atoms with E-state index in [0.717, 1.165) is 16.7 Å². The molecular weight excluding hydrogens is 288 g/mol. The van der Waals surface area contributed by atoms with E-state index in [2.05, 4.69) is 31.2 Å². The first-order valence-corrected chi connectivity index (χ1v) is 7.68. The van der Waals surface area contributed by atoms with Crippen molar-refractivity contribution in [1.82, 2.24) is 0 Å². The van der Waals surface area contributed by atoms with Crippen LogP contribution in [0.2, 0.25) is 0 Å². The van der Waals surface area contributed by atoms with E-state index in [1.807, 2.05) is 26.8 Å². The maximum Gasteiger partial charge on any atom is 0.232 e. The van der Waals surface area contributed by atoms with Crippen LogP contribution in [-0.2, 0) is 6.61 Å². The lowest BCUT2D eigenvalue weighted by atomic mass is 10.0. The van der Waals surface area contributed by atoms with Crippen LogP contribution >= 0.6 is 0 Å². The Labute approximate surface area is 136 Å². The Bertz CT molecular complexity index is 794. The van der Waals surface area contributed by atoms with E-state index in [4.69, 9.17) is 9.47 Å². The lowest BCUT2D eigenvalue weighted by Gasteiger charge is -2.09. The number of allylic oxidation sites excluding steroid dienone is 2. The van der Waals surface area contributed by atoms with Crippen molar-refractivity contribution in [1.29, 1.82) is 0 Å². The summed E-state index contributed by atoms with van der Waals surface area (Å²) in [6.45, 7) is 8.21. The van der Waals surface area contributed by atoms with Crippen LogP contribution in [0.5, 0.6) is 11.5 Å². The van der Waals surface area contributed by atoms with Crippen LogP contribution in [0.3, 0.4) is 0 Å². The molecule has 0 aromatic heterocycles. The minimum atomic E-state index is -0.0393. The van der Waals surface area contributed by atoms with Gasteiger partial charge in [-0.1, -0.05) is 29.8 Å². The van der Waals surface area contributed by atoms with Crippen molar-refractivity contribution in [3.8, 4) is 11.5 Å². The van der Waals surface area contributed by atoms with Crippen LogP contribution < -0.4 is 9.47 Å². The average molecular weight is 308 g/mol. The monoisotopic (exact) mass is 308 g/mol. The van der Waals surface area contributed by atoms with E-state index >= 15 is 0 Å². The van der Waals surface area contributed by atoms with E-state index in [1.165, 1.54) is 5.56 Å². The third-order valence-electron chi connectivity index (χ3n) is 3.90. The summed E-state index contributed by atoms with van der Waals surface area (Å²) < 4.78 is 11.6. The molecule has 0 unspecified atom stereocenters. The average Bonchev–Trinajstić information content (AvgIpc) is 2.84. The highest BCUT2D eigenvalue weighted by atomic mass is 16.5. The molecule has 2 aromatic carbocycles. The van der Waals surface area contributed by atoms with E-state index in [-0.39, 0.29) is 5.78 Å². The number of hydrogen-bond donors (Lipinski definition) is 0. The van der Waals surface area contributed by atoms with Gasteiger partial charge in [-0.3, -0.25) is 4.79 Å². The van der Waals surface area contributed by atoms with E-state index in [1.54, 1.807) is 6.07 Å². The lowest BCUT2D eigenvalue weighted by Crippen LogP contribution is -2.01. The van der Waals surface area contributed by atoms with Crippen molar-refractivity contribution in [3.05, 3.63) is 70.0 Å². The summed E-state index contributed by atoms with van der Waals surface area (Å²) in [7, 11) is 0. The highest BCUT2D eigenvalue weighted by Gasteiger charge is 2.30. The normalized spacial score (nSPS) is 12.9. The van der Waals surface area contributed by atoms with Crippen molar-refractivity contribution >= 4 is 5.78 Å². The van der Waals surface area contributed by atoms with Gasteiger partial charge in [-0.05, 0) is 50.5 Å². The molecule has 2 aromatic rings. The van der Waals surface area contributed by atoms with Crippen LogP contribution in [0, 0.1) is 13.8 Å². The van der Waals surface area contributed by atoms with Gasteiger partial charge in [-0.25, -0.2) is 0 Å². The highest BCUT2D eigenvalue weighted by Crippen LogP contribution is 2.37. The minimum absolute atomic E-state index is 0.0393. The Morgan fingerprint density at radius 3 is 2.43 bits per heavy atom. The highest BCUT2D eigenvalue weighted by molar-refractivity contribution is 6.13. The number of benzene rings is 2. The van der Waals surface area contributed by atoms with Gasteiger partial charge >= 0.3 is 0 Å². The van der Waals surface area contributed by atoms with Crippen molar-refractivity contribution in [3.63, 3.8) is 0 Å². The van der Waals surface area contributed by atoms with Crippen LogP contribution in [0.1, 0.15) is 40.9 Å². The van der Waals surface area contributed by atoms with E-state index < -0.39 is 0 Å². The van der Waals surface area contributed by atoms with Gasteiger partial charge in [0.1, 0.15) is 18.1 Å². The Kier molecular flexibility index (Phi) is 3.95. The Hall–Kier alpha value is -2.55. The number of ketones is 1. The molecule has 3 nitrogen and oxygen atoms in total. The molecular formula is C20H20O3. The molecule has 1 heterocycles. The van der Waals surface area contributed by atoms with Gasteiger partial charge < -0.3 is 9.47 Å². The van der Waals surface area contributed by atoms with Gasteiger partial charge in [0.05, 0.1) is 5.56 Å². The molecule has 0 fully saturated rings. The van der Waals surface area contributed by atoms with Gasteiger partial charge in [0.2, 0.25) is 5.78 Å². The van der Waals surface area contributed by atoms with Crippen molar-refractivity contribution in [2.45, 2.75) is 34.3 Å². The summed E-state index contributed by atoms with van der Waals surface area (Å²) >= 11 is 0. The third kappa shape index (κ3) is 3.00. The fourth-order valence-electron chi connectivity index (χ4n) is 2.63. The summed E-state index contributed by atoms with van der Waals surface area (Å²) in [6, 6.07) is 11.9. The third-order valence-corrected chi connectivity index (χ3v) is 3.90. The number of carbonyl (C=O) groups is 1. The molecule has 0 radical (unpaired) electrons. The summed E-state index contributed by atoms with van der Waals surface area (Å²) in [5.41, 5.74) is 4.73. The first kappa shape index (κ1) is 15.3. The van der Waals surface area contributed by atoms with Gasteiger partial charge in [-0.2, -0.15) is 0 Å². The molecule has 0 spiro atoms. The molecule has 0 bridgehead atoms. The second-order valence-corrected chi connectivity index (χ2v) is 6.15. The second-order valence-electron chi connectivity index (χ2n) is 6.15.